The molecule has 0 aromatic carbocycles. The molecule has 0 unspecified atom stereocenters. The highest BCUT2D eigenvalue weighted by molar-refractivity contribution is 9.10. The molecule has 4 nitrogen and oxygen atoms in total. The van der Waals surface area contributed by atoms with E-state index in [-0.39, 0.29) is 0 Å². The van der Waals surface area contributed by atoms with Crippen molar-refractivity contribution in [2.45, 2.75) is 26.4 Å². The molecule has 0 aliphatic carbocycles. The van der Waals surface area contributed by atoms with Crippen LogP contribution in [-0.2, 0) is 6.54 Å². The van der Waals surface area contributed by atoms with Crippen molar-refractivity contribution in [3.8, 4) is 11.6 Å². The van der Waals surface area contributed by atoms with Gasteiger partial charge in [0.2, 0.25) is 5.88 Å². The molecular weight excluding hydrogens is 306 g/mol. The normalized spacial score (nSPS) is 10.7. The lowest BCUT2D eigenvalue weighted by molar-refractivity contribution is 0.456. The van der Waals surface area contributed by atoms with Crippen LogP contribution in [0.25, 0.3) is 0 Å². The molecule has 100 valence electrons. The van der Waals surface area contributed by atoms with E-state index in [9.17, 15) is 0 Å². The van der Waals surface area contributed by atoms with E-state index in [4.69, 9.17) is 4.74 Å². The smallest absolute Gasteiger partial charge is 0.219 e. The van der Waals surface area contributed by atoms with E-state index < -0.39 is 0 Å². The average Bonchev–Trinajstić information content (AvgIpc) is 2.37. The van der Waals surface area contributed by atoms with Crippen LogP contribution in [-0.4, -0.2) is 16.0 Å². The summed E-state index contributed by atoms with van der Waals surface area (Å²) in [5.41, 5.74) is 0.953. The highest BCUT2D eigenvalue weighted by Gasteiger charge is 2.02. The molecular formula is C14H16BrN3O. The van der Waals surface area contributed by atoms with Gasteiger partial charge in [0.15, 0.2) is 0 Å². The predicted molar refractivity (Wildman–Crippen MR) is 78.2 cm³/mol. The number of hydrogen-bond acceptors (Lipinski definition) is 4. The monoisotopic (exact) mass is 321 g/mol. The van der Waals surface area contributed by atoms with E-state index in [0.717, 1.165) is 16.7 Å². The Kier molecular flexibility index (Phi) is 4.87. The van der Waals surface area contributed by atoms with Gasteiger partial charge in [0, 0.05) is 29.3 Å². The summed E-state index contributed by atoms with van der Waals surface area (Å²) in [5, 5.41) is 3.32. The van der Waals surface area contributed by atoms with Crippen LogP contribution in [0.3, 0.4) is 0 Å². The maximum Gasteiger partial charge on any atom is 0.219 e. The number of ether oxygens (including phenoxy) is 1. The van der Waals surface area contributed by atoms with Gasteiger partial charge in [0.25, 0.3) is 0 Å². The van der Waals surface area contributed by atoms with Gasteiger partial charge < -0.3 is 10.1 Å². The lowest BCUT2D eigenvalue weighted by Crippen LogP contribution is -2.22. The van der Waals surface area contributed by atoms with Crippen LogP contribution in [0.15, 0.2) is 41.1 Å². The van der Waals surface area contributed by atoms with E-state index >= 15 is 0 Å². The first-order chi connectivity index (χ1) is 9.13. The topological polar surface area (TPSA) is 47.0 Å². The van der Waals surface area contributed by atoms with Crippen molar-refractivity contribution in [1.29, 1.82) is 0 Å². The van der Waals surface area contributed by atoms with Gasteiger partial charge in [-0.2, -0.15) is 0 Å². The molecule has 2 aromatic heterocycles. The van der Waals surface area contributed by atoms with Crippen LogP contribution in [0, 0.1) is 0 Å². The van der Waals surface area contributed by atoms with Crippen molar-refractivity contribution in [1.82, 2.24) is 15.3 Å². The predicted octanol–water partition coefficient (Wildman–Crippen LogP) is 3.53. The average molecular weight is 322 g/mol. The van der Waals surface area contributed by atoms with Crippen LogP contribution in [0.2, 0.25) is 0 Å². The van der Waals surface area contributed by atoms with Crippen molar-refractivity contribution in [3.05, 3.63) is 46.8 Å². The molecule has 0 saturated carbocycles. The molecule has 5 heteroatoms. The number of nitrogens with zero attached hydrogens (tertiary/aromatic N) is 2. The zero-order valence-corrected chi connectivity index (χ0v) is 12.5. The van der Waals surface area contributed by atoms with Gasteiger partial charge in [-0.25, -0.2) is 4.98 Å². The van der Waals surface area contributed by atoms with Crippen LogP contribution < -0.4 is 10.1 Å². The summed E-state index contributed by atoms with van der Waals surface area (Å²) in [6.07, 6.45) is 3.37. The van der Waals surface area contributed by atoms with E-state index in [2.05, 4.69) is 45.1 Å². The number of hydrogen-bond donors (Lipinski definition) is 1. The largest absolute Gasteiger partial charge is 0.437 e. The number of halogens is 1. The SMILES string of the molecule is CC(C)NCc1cccc(Oc2cncc(Br)c2)n1. The first kappa shape index (κ1) is 14.0. The maximum atomic E-state index is 5.68. The minimum atomic E-state index is 0.431. The zero-order chi connectivity index (χ0) is 13.7. The molecule has 2 heterocycles. The fraction of sp³-hybridized carbons (Fsp3) is 0.286. The Morgan fingerprint density at radius 1 is 1.32 bits per heavy atom. The second-order valence-corrected chi connectivity index (χ2v) is 5.36. The third kappa shape index (κ3) is 4.61. The summed E-state index contributed by atoms with van der Waals surface area (Å²) < 4.78 is 6.55. The molecule has 0 radical (unpaired) electrons. The van der Waals surface area contributed by atoms with Crippen LogP contribution in [0.1, 0.15) is 19.5 Å². The first-order valence-electron chi connectivity index (χ1n) is 6.11. The lowest BCUT2D eigenvalue weighted by Gasteiger charge is -2.09. The van der Waals surface area contributed by atoms with Gasteiger partial charge in [-0.15, -0.1) is 0 Å². The van der Waals surface area contributed by atoms with Gasteiger partial charge in [-0.3, -0.25) is 4.98 Å². The summed E-state index contributed by atoms with van der Waals surface area (Å²) in [7, 11) is 0. The quantitative estimate of drug-likeness (QED) is 0.915. The fourth-order valence-electron chi connectivity index (χ4n) is 1.49. The van der Waals surface area contributed by atoms with Crippen molar-refractivity contribution < 1.29 is 4.74 Å². The molecule has 0 aliphatic rings. The highest BCUT2D eigenvalue weighted by atomic mass is 79.9. The van der Waals surface area contributed by atoms with Gasteiger partial charge in [-0.05, 0) is 28.1 Å². The Morgan fingerprint density at radius 2 is 2.16 bits per heavy atom. The van der Waals surface area contributed by atoms with Gasteiger partial charge in [0.05, 0.1) is 11.9 Å². The molecule has 2 rings (SSSR count). The van der Waals surface area contributed by atoms with Crippen molar-refractivity contribution >= 4 is 15.9 Å². The third-order valence-electron chi connectivity index (χ3n) is 2.37. The number of pyridine rings is 2. The Bertz CT molecular complexity index is 546. The molecule has 0 amide bonds. The number of aromatic nitrogens is 2. The van der Waals surface area contributed by atoms with Gasteiger partial charge in [-0.1, -0.05) is 19.9 Å². The minimum absolute atomic E-state index is 0.431. The van der Waals surface area contributed by atoms with E-state index in [1.807, 2.05) is 24.3 Å². The van der Waals surface area contributed by atoms with Crippen LogP contribution in [0.5, 0.6) is 11.6 Å². The summed E-state index contributed by atoms with van der Waals surface area (Å²) in [6.45, 7) is 4.94. The first-order valence-corrected chi connectivity index (χ1v) is 6.90. The number of rotatable bonds is 5. The van der Waals surface area contributed by atoms with Gasteiger partial charge >= 0.3 is 0 Å². The Labute approximate surface area is 121 Å². The molecule has 0 bridgehead atoms. The van der Waals surface area contributed by atoms with Crippen LogP contribution >= 0.6 is 15.9 Å². The summed E-state index contributed by atoms with van der Waals surface area (Å²) in [6, 6.07) is 8.03. The second kappa shape index (κ2) is 6.63. The van der Waals surface area contributed by atoms with Crippen LogP contribution in [0.4, 0.5) is 0 Å². The Morgan fingerprint density at radius 3 is 2.89 bits per heavy atom. The molecule has 0 saturated heterocycles. The molecule has 0 aliphatic heterocycles. The third-order valence-corrected chi connectivity index (χ3v) is 2.81. The standard InChI is InChI=1S/C14H16BrN3O/c1-10(2)17-8-12-4-3-5-14(18-12)19-13-6-11(15)7-16-9-13/h3-7,9-10,17H,8H2,1-2H3. The molecule has 1 N–H and O–H groups in total. The Balaban J connectivity index is 2.06. The molecule has 0 fully saturated rings. The van der Waals surface area contributed by atoms with Crippen molar-refractivity contribution in [2.75, 3.05) is 0 Å². The summed E-state index contributed by atoms with van der Waals surface area (Å²) in [5.74, 6) is 1.23. The zero-order valence-electron chi connectivity index (χ0n) is 10.9. The lowest BCUT2D eigenvalue weighted by atomic mass is 10.3. The molecule has 2 aromatic rings. The molecule has 19 heavy (non-hydrogen) atoms. The fourth-order valence-corrected chi connectivity index (χ4v) is 1.83. The van der Waals surface area contributed by atoms with E-state index in [0.29, 0.717) is 17.7 Å². The molecule has 0 atom stereocenters. The molecule has 0 spiro atoms. The summed E-state index contributed by atoms with van der Waals surface area (Å²) in [4.78, 5) is 8.49. The van der Waals surface area contributed by atoms with E-state index in [1.165, 1.54) is 0 Å². The maximum absolute atomic E-state index is 5.68. The second-order valence-electron chi connectivity index (χ2n) is 4.44. The Hall–Kier alpha value is -1.46. The van der Waals surface area contributed by atoms with Crippen molar-refractivity contribution in [3.63, 3.8) is 0 Å². The van der Waals surface area contributed by atoms with Gasteiger partial charge in [0.1, 0.15) is 5.75 Å². The number of nitrogens with one attached hydrogen (secondary N) is 1. The minimum Gasteiger partial charge on any atom is -0.437 e. The summed E-state index contributed by atoms with van der Waals surface area (Å²) >= 11 is 3.36. The highest BCUT2D eigenvalue weighted by Crippen LogP contribution is 2.21. The van der Waals surface area contributed by atoms with Crippen molar-refractivity contribution in [2.24, 2.45) is 0 Å². The van der Waals surface area contributed by atoms with E-state index in [1.54, 1.807) is 12.4 Å².